The van der Waals surface area contributed by atoms with Gasteiger partial charge in [-0.15, -0.1) is 5.10 Å². The lowest BCUT2D eigenvalue weighted by atomic mass is 10.2. The number of ketones is 1. The Morgan fingerprint density at radius 1 is 1.44 bits per heavy atom. The lowest BCUT2D eigenvalue weighted by molar-refractivity contribution is 0.101. The molecule has 0 spiro atoms. The van der Waals surface area contributed by atoms with Gasteiger partial charge in [0.1, 0.15) is 5.69 Å². The molecule has 0 saturated carbocycles. The number of carbonyl (C=O) groups is 1. The summed E-state index contributed by atoms with van der Waals surface area (Å²) in [6.45, 7) is 3.39. The number of Topliss-reactive ketones (excluding diaryl/α,β-unsaturated/α-hetero) is 1. The molecule has 0 N–H and O–H groups in total. The highest BCUT2D eigenvalue weighted by Crippen LogP contribution is 2.19. The van der Waals surface area contributed by atoms with Crippen LogP contribution in [0, 0.1) is 6.92 Å². The minimum absolute atomic E-state index is 0.0818. The fourth-order valence-electron chi connectivity index (χ4n) is 1.38. The average Bonchev–Trinajstić information content (AvgIpc) is 2.71. The van der Waals surface area contributed by atoms with Crippen molar-refractivity contribution in [3.8, 4) is 5.69 Å². The molecule has 1 aromatic heterocycles. The molecule has 1 heterocycles. The maximum absolute atomic E-state index is 11.3. The van der Waals surface area contributed by atoms with Crippen LogP contribution >= 0.6 is 11.6 Å². The smallest absolute Gasteiger partial charge is 0.179 e. The quantitative estimate of drug-likeness (QED) is 0.751. The Labute approximate surface area is 97.8 Å². The van der Waals surface area contributed by atoms with Crippen molar-refractivity contribution in [2.75, 3.05) is 0 Å². The van der Waals surface area contributed by atoms with Gasteiger partial charge in [-0.25, -0.2) is 4.68 Å². The Morgan fingerprint density at radius 3 is 2.81 bits per heavy atom. The Morgan fingerprint density at radius 2 is 2.19 bits per heavy atom. The second kappa shape index (κ2) is 4.06. The van der Waals surface area contributed by atoms with Gasteiger partial charge in [0.2, 0.25) is 0 Å². The van der Waals surface area contributed by atoms with E-state index in [2.05, 4.69) is 10.3 Å². The molecule has 0 aliphatic rings. The van der Waals surface area contributed by atoms with Crippen LogP contribution in [0.5, 0.6) is 0 Å². The molecule has 0 aliphatic carbocycles. The van der Waals surface area contributed by atoms with Crippen LogP contribution in [0.4, 0.5) is 0 Å². The minimum Gasteiger partial charge on any atom is -0.293 e. The van der Waals surface area contributed by atoms with Gasteiger partial charge in [-0.2, -0.15) is 0 Å². The number of rotatable bonds is 2. The van der Waals surface area contributed by atoms with Gasteiger partial charge >= 0.3 is 0 Å². The molecule has 0 atom stereocenters. The summed E-state index contributed by atoms with van der Waals surface area (Å²) in [5.74, 6) is -0.0818. The summed E-state index contributed by atoms with van der Waals surface area (Å²) >= 11 is 6.02. The van der Waals surface area contributed by atoms with Crippen molar-refractivity contribution in [3.63, 3.8) is 0 Å². The van der Waals surface area contributed by atoms with Crippen molar-refractivity contribution < 1.29 is 4.79 Å². The third-order valence-electron chi connectivity index (χ3n) is 2.31. The SMILES string of the molecule is CC(=O)c1cnnn1-c1ccc(C)c(Cl)c1. The van der Waals surface area contributed by atoms with Gasteiger partial charge in [0.05, 0.1) is 11.9 Å². The van der Waals surface area contributed by atoms with Crippen molar-refractivity contribution in [2.24, 2.45) is 0 Å². The summed E-state index contributed by atoms with van der Waals surface area (Å²) in [5, 5.41) is 8.23. The molecule has 0 fully saturated rings. The molecule has 0 radical (unpaired) electrons. The third kappa shape index (κ3) is 1.84. The first kappa shape index (κ1) is 10.8. The zero-order chi connectivity index (χ0) is 11.7. The molecular weight excluding hydrogens is 226 g/mol. The van der Waals surface area contributed by atoms with Crippen LogP contribution in [0.2, 0.25) is 5.02 Å². The number of halogens is 1. The summed E-state index contributed by atoms with van der Waals surface area (Å²) in [5.41, 5.74) is 2.16. The van der Waals surface area contributed by atoms with E-state index in [1.54, 1.807) is 6.07 Å². The van der Waals surface area contributed by atoms with Gasteiger partial charge in [0, 0.05) is 11.9 Å². The lowest BCUT2D eigenvalue weighted by Gasteiger charge is -2.05. The first-order chi connectivity index (χ1) is 7.59. The molecule has 5 heteroatoms. The van der Waals surface area contributed by atoms with Gasteiger partial charge in [0.25, 0.3) is 0 Å². The van der Waals surface area contributed by atoms with Crippen molar-refractivity contribution in [2.45, 2.75) is 13.8 Å². The Kier molecular flexibility index (Phi) is 2.75. The van der Waals surface area contributed by atoms with E-state index in [1.165, 1.54) is 17.8 Å². The Balaban J connectivity index is 2.54. The summed E-state index contributed by atoms with van der Waals surface area (Å²) in [4.78, 5) is 11.3. The van der Waals surface area contributed by atoms with Gasteiger partial charge in [-0.3, -0.25) is 4.79 Å². The topological polar surface area (TPSA) is 47.8 Å². The van der Waals surface area contributed by atoms with E-state index < -0.39 is 0 Å². The van der Waals surface area contributed by atoms with Crippen molar-refractivity contribution in [1.82, 2.24) is 15.0 Å². The molecule has 0 aliphatic heterocycles. The van der Waals surface area contributed by atoms with Crippen molar-refractivity contribution >= 4 is 17.4 Å². The zero-order valence-corrected chi connectivity index (χ0v) is 9.69. The standard InChI is InChI=1S/C11H10ClN3O/c1-7-3-4-9(5-10(7)12)15-11(8(2)16)6-13-14-15/h3-6H,1-2H3. The number of aromatic nitrogens is 3. The number of carbonyl (C=O) groups excluding carboxylic acids is 1. The number of nitrogens with zero attached hydrogens (tertiary/aromatic N) is 3. The highest BCUT2D eigenvalue weighted by molar-refractivity contribution is 6.31. The molecule has 16 heavy (non-hydrogen) atoms. The van der Waals surface area contributed by atoms with Gasteiger partial charge in [-0.1, -0.05) is 22.9 Å². The average molecular weight is 236 g/mol. The van der Waals surface area contributed by atoms with E-state index >= 15 is 0 Å². The summed E-state index contributed by atoms with van der Waals surface area (Å²) in [6, 6.07) is 5.49. The molecule has 2 rings (SSSR count). The Hall–Kier alpha value is -1.68. The third-order valence-corrected chi connectivity index (χ3v) is 2.72. The van der Waals surface area contributed by atoms with Crippen LogP contribution < -0.4 is 0 Å². The predicted octanol–water partition coefficient (Wildman–Crippen LogP) is 2.43. The van der Waals surface area contributed by atoms with Crippen LogP contribution in [-0.4, -0.2) is 20.8 Å². The monoisotopic (exact) mass is 235 g/mol. The van der Waals surface area contributed by atoms with E-state index in [4.69, 9.17) is 11.6 Å². The normalized spacial score (nSPS) is 10.4. The molecule has 0 bridgehead atoms. The number of benzene rings is 1. The van der Waals surface area contributed by atoms with Crippen LogP contribution in [0.25, 0.3) is 5.69 Å². The second-order valence-electron chi connectivity index (χ2n) is 3.52. The highest BCUT2D eigenvalue weighted by atomic mass is 35.5. The van der Waals surface area contributed by atoms with Crippen LogP contribution in [0.1, 0.15) is 23.0 Å². The van der Waals surface area contributed by atoms with Crippen LogP contribution in [0.3, 0.4) is 0 Å². The number of aryl methyl sites for hydroxylation is 1. The summed E-state index contributed by atoms with van der Waals surface area (Å²) in [7, 11) is 0. The number of hydrogen-bond acceptors (Lipinski definition) is 3. The van der Waals surface area contributed by atoms with Crippen LogP contribution in [0.15, 0.2) is 24.4 Å². The first-order valence-corrected chi connectivity index (χ1v) is 5.15. The highest BCUT2D eigenvalue weighted by Gasteiger charge is 2.10. The molecule has 2 aromatic rings. The molecular formula is C11H10ClN3O. The summed E-state index contributed by atoms with van der Waals surface area (Å²) in [6.07, 6.45) is 1.44. The fraction of sp³-hybridized carbons (Fsp3) is 0.182. The van der Waals surface area contributed by atoms with Gasteiger partial charge < -0.3 is 0 Å². The van der Waals surface area contributed by atoms with E-state index in [0.29, 0.717) is 10.7 Å². The summed E-state index contributed by atoms with van der Waals surface area (Å²) < 4.78 is 1.48. The maximum atomic E-state index is 11.3. The number of hydrogen-bond donors (Lipinski definition) is 0. The molecule has 0 amide bonds. The molecule has 0 unspecified atom stereocenters. The second-order valence-corrected chi connectivity index (χ2v) is 3.93. The fourth-order valence-corrected chi connectivity index (χ4v) is 1.55. The van der Waals surface area contributed by atoms with E-state index in [0.717, 1.165) is 11.3 Å². The molecule has 4 nitrogen and oxygen atoms in total. The Bertz CT molecular complexity index is 548. The van der Waals surface area contributed by atoms with Crippen molar-refractivity contribution in [3.05, 3.63) is 40.7 Å². The molecule has 0 saturated heterocycles. The molecule has 82 valence electrons. The van der Waals surface area contributed by atoms with Crippen molar-refractivity contribution in [1.29, 1.82) is 0 Å². The lowest BCUT2D eigenvalue weighted by Crippen LogP contribution is -2.06. The largest absolute Gasteiger partial charge is 0.293 e. The molecule has 1 aromatic carbocycles. The maximum Gasteiger partial charge on any atom is 0.179 e. The minimum atomic E-state index is -0.0818. The predicted molar refractivity (Wildman–Crippen MR) is 61.1 cm³/mol. The van der Waals surface area contributed by atoms with Gasteiger partial charge in [-0.05, 0) is 24.6 Å². The van der Waals surface area contributed by atoms with Gasteiger partial charge in [0.15, 0.2) is 5.78 Å². The first-order valence-electron chi connectivity index (χ1n) is 4.78. The zero-order valence-electron chi connectivity index (χ0n) is 8.94. The van der Waals surface area contributed by atoms with E-state index in [-0.39, 0.29) is 5.78 Å². The van der Waals surface area contributed by atoms with Crippen LogP contribution in [-0.2, 0) is 0 Å². The van der Waals surface area contributed by atoms with E-state index in [9.17, 15) is 4.79 Å². The van der Waals surface area contributed by atoms with E-state index in [1.807, 2.05) is 19.1 Å².